The summed E-state index contributed by atoms with van der Waals surface area (Å²) >= 11 is 0. The van der Waals surface area contributed by atoms with E-state index in [0.717, 1.165) is 23.0 Å². The molecular weight excluding hydrogens is 549 g/mol. The molecule has 0 radical (unpaired) electrons. The van der Waals surface area contributed by atoms with E-state index in [4.69, 9.17) is 24.3 Å². The van der Waals surface area contributed by atoms with Crippen LogP contribution in [0.25, 0.3) is 0 Å². The van der Waals surface area contributed by atoms with Gasteiger partial charge < -0.3 is 29.2 Å². The smallest absolute Gasteiger partial charge is 0.357 e. The maximum atomic E-state index is 13.2. The highest BCUT2D eigenvalue weighted by atomic mass is 19.1. The Morgan fingerprint density at radius 2 is 1.46 bits per heavy atom. The molecule has 1 saturated heterocycles. The molecule has 0 unspecified atom stereocenters. The standard InChI is InChI=1S/C25H24FN5O10/c26-17-3-1-15(2-4-17)22(36)16-9-11-29(12-10-16)13-14-30-24(28-25-38-18(32)5-6-19(33)39-25)31(23(27)37)41-21(35)8-7-20(34)40-30/h1-8,16,25H,9-14H2,(H2,27,37)/b8-7?,28-24-. The van der Waals surface area contributed by atoms with E-state index in [2.05, 4.69) is 4.99 Å². The van der Waals surface area contributed by atoms with Gasteiger partial charge in [-0.15, -0.1) is 0 Å². The minimum Gasteiger partial charge on any atom is -0.401 e. The van der Waals surface area contributed by atoms with Crippen molar-refractivity contribution in [1.82, 2.24) is 14.4 Å². The quantitative estimate of drug-likeness (QED) is 0.355. The van der Waals surface area contributed by atoms with Crippen molar-refractivity contribution in [3.63, 3.8) is 0 Å². The van der Waals surface area contributed by atoms with Crippen LogP contribution in [0.4, 0.5) is 9.18 Å². The number of aromatic nitrogens is 2. The first-order valence-corrected chi connectivity index (χ1v) is 12.3. The van der Waals surface area contributed by atoms with Gasteiger partial charge in [0.1, 0.15) is 5.82 Å². The fraction of sp³-hybridized carbons (Fsp3) is 0.320. The van der Waals surface area contributed by atoms with E-state index >= 15 is 0 Å². The molecule has 41 heavy (non-hydrogen) atoms. The van der Waals surface area contributed by atoms with Crippen LogP contribution in [0.1, 0.15) is 23.2 Å². The second-order valence-corrected chi connectivity index (χ2v) is 8.82. The second-order valence-electron chi connectivity index (χ2n) is 8.82. The van der Waals surface area contributed by atoms with Gasteiger partial charge in [0.2, 0.25) is 0 Å². The molecule has 2 N–H and O–H groups in total. The summed E-state index contributed by atoms with van der Waals surface area (Å²) in [5.74, 6) is -2.84. The fourth-order valence-corrected chi connectivity index (χ4v) is 4.07. The Kier molecular flexibility index (Phi) is 9.03. The van der Waals surface area contributed by atoms with Gasteiger partial charge in [-0.2, -0.15) is 9.73 Å². The first-order chi connectivity index (χ1) is 19.6. The van der Waals surface area contributed by atoms with Gasteiger partial charge in [-0.1, -0.05) is 4.74 Å². The minimum atomic E-state index is -1.97. The Bertz CT molecular complexity index is 1590. The number of ether oxygens (including phenoxy) is 2. The van der Waals surface area contributed by atoms with E-state index in [9.17, 15) is 33.2 Å². The lowest BCUT2D eigenvalue weighted by Crippen LogP contribution is -2.43. The zero-order valence-corrected chi connectivity index (χ0v) is 21.3. The number of rotatable bonds is 6. The normalized spacial score (nSPS) is 17.0. The van der Waals surface area contributed by atoms with Gasteiger partial charge in [-0.3, -0.25) is 4.79 Å². The number of carbonyl (C=O) groups is 4. The third kappa shape index (κ3) is 7.72. The summed E-state index contributed by atoms with van der Waals surface area (Å²) in [7, 11) is 0. The lowest BCUT2D eigenvalue weighted by atomic mass is 9.89. The van der Waals surface area contributed by atoms with Crippen molar-refractivity contribution in [2.24, 2.45) is 16.6 Å². The summed E-state index contributed by atoms with van der Waals surface area (Å²) in [5, 5.41) is 0. The molecule has 2 aromatic rings. The number of hydrogen-bond acceptors (Lipinski definition) is 12. The van der Waals surface area contributed by atoms with Crippen molar-refractivity contribution in [2.45, 2.75) is 25.8 Å². The molecule has 0 bridgehead atoms. The van der Waals surface area contributed by atoms with E-state index < -0.39 is 47.1 Å². The van der Waals surface area contributed by atoms with Crippen LogP contribution >= 0.6 is 0 Å². The second kappa shape index (κ2) is 12.8. The lowest BCUT2D eigenvalue weighted by molar-refractivity contribution is -0.177. The number of hydrogen-bond donors (Lipinski definition) is 1. The number of nitrogens with zero attached hydrogens (tertiary/aromatic N) is 4. The van der Waals surface area contributed by atoms with E-state index in [1.165, 1.54) is 24.3 Å². The molecular formula is C25H24FN5O10. The van der Waals surface area contributed by atoms with Crippen molar-refractivity contribution in [2.75, 3.05) is 19.6 Å². The molecule has 2 aliphatic rings. The number of benzene rings is 1. The van der Waals surface area contributed by atoms with Gasteiger partial charge in [0.05, 0.1) is 6.54 Å². The molecule has 1 fully saturated rings. The van der Waals surface area contributed by atoms with Crippen LogP contribution in [0.2, 0.25) is 0 Å². The summed E-state index contributed by atoms with van der Waals surface area (Å²) in [6.45, 7) is 0.913. The van der Waals surface area contributed by atoms with E-state index in [0.29, 0.717) is 37.6 Å². The van der Waals surface area contributed by atoms with E-state index in [-0.39, 0.29) is 29.5 Å². The molecule has 16 heteroatoms. The highest BCUT2D eigenvalue weighted by Crippen LogP contribution is 2.22. The van der Waals surface area contributed by atoms with Crippen LogP contribution in [0.15, 0.2) is 72.2 Å². The Hall–Kier alpha value is -5.12. The fourth-order valence-electron chi connectivity index (χ4n) is 4.07. The largest absolute Gasteiger partial charge is 0.401 e. The Labute approximate surface area is 229 Å². The predicted octanol–water partition coefficient (Wildman–Crippen LogP) is -0.178. The first kappa shape index (κ1) is 28.9. The number of ketones is 1. The molecule has 1 aromatic heterocycles. The Morgan fingerprint density at radius 1 is 0.878 bits per heavy atom. The molecule has 0 atom stereocenters. The van der Waals surface area contributed by atoms with Crippen molar-refractivity contribution >= 4 is 23.8 Å². The van der Waals surface area contributed by atoms with Gasteiger partial charge in [0.25, 0.3) is 5.62 Å². The lowest BCUT2D eigenvalue weighted by Gasteiger charge is -2.31. The number of primary amides is 1. The molecule has 3 heterocycles. The molecule has 4 rings (SSSR count). The molecule has 0 aliphatic carbocycles. The molecule has 216 valence electrons. The van der Waals surface area contributed by atoms with Gasteiger partial charge in [0.15, 0.2) is 5.78 Å². The minimum absolute atomic E-state index is 0.0966. The predicted molar refractivity (Wildman–Crippen MR) is 133 cm³/mol. The van der Waals surface area contributed by atoms with Gasteiger partial charge in [0, 0.05) is 42.3 Å². The molecule has 0 spiro atoms. The van der Waals surface area contributed by atoms with Crippen LogP contribution in [-0.2, 0) is 25.6 Å². The summed E-state index contributed by atoms with van der Waals surface area (Å²) in [6, 6.07) is 5.37. The summed E-state index contributed by atoms with van der Waals surface area (Å²) in [6.07, 6.45) is 0.578. The maximum absolute atomic E-state index is 13.2. The third-order valence-electron chi connectivity index (χ3n) is 6.06. The van der Waals surface area contributed by atoms with E-state index in [1.54, 1.807) is 0 Å². The number of likely N-dealkylation sites (tertiary alicyclic amines) is 1. The van der Waals surface area contributed by atoms with Crippen molar-refractivity contribution in [1.29, 1.82) is 0 Å². The molecule has 15 nitrogen and oxygen atoms in total. The van der Waals surface area contributed by atoms with Crippen LogP contribution < -0.4 is 22.6 Å². The number of cyclic esters (lactones) is 2. The number of piperidine rings is 1. The maximum Gasteiger partial charge on any atom is 0.357 e. The van der Waals surface area contributed by atoms with Crippen LogP contribution in [0, 0.1) is 11.7 Å². The van der Waals surface area contributed by atoms with Gasteiger partial charge >= 0.3 is 35.6 Å². The van der Waals surface area contributed by atoms with Crippen molar-refractivity contribution in [3.05, 3.63) is 86.4 Å². The van der Waals surface area contributed by atoms with Gasteiger partial charge in [-0.05, 0) is 50.2 Å². The van der Waals surface area contributed by atoms with Crippen LogP contribution in [-0.4, -0.2) is 64.2 Å². The highest BCUT2D eigenvalue weighted by molar-refractivity contribution is 5.97. The van der Waals surface area contributed by atoms with Crippen LogP contribution in [0.5, 0.6) is 0 Å². The zero-order chi connectivity index (χ0) is 29.5. The average Bonchev–Trinajstić information content (AvgIpc) is 3.07. The number of halogens is 1. The SMILES string of the molecule is NC(=O)n1oc(=O)ccc(=O)on(CCN2CCC(C(=O)c3ccc(F)cc3)CC2)/c1=N/C1OC(=O)C=CC(=O)O1. The van der Waals surface area contributed by atoms with Crippen molar-refractivity contribution in [3.8, 4) is 0 Å². The summed E-state index contributed by atoms with van der Waals surface area (Å²) < 4.78 is 34.0. The summed E-state index contributed by atoms with van der Waals surface area (Å²) in [4.78, 5) is 78.8. The molecule has 2 aliphatic heterocycles. The number of carbonyl (C=O) groups excluding carboxylic acids is 4. The number of amides is 1. The summed E-state index contributed by atoms with van der Waals surface area (Å²) in [5.41, 5.74) is 2.79. The number of Topliss-reactive ketones (excluding diaryl/α,β-unsaturated/α-hetero) is 1. The van der Waals surface area contributed by atoms with Gasteiger partial charge in [-0.25, -0.2) is 28.4 Å². The molecule has 1 amide bonds. The topological polar surface area (TPSA) is 199 Å². The third-order valence-corrected chi connectivity index (χ3v) is 6.06. The first-order valence-electron chi connectivity index (χ1n) is 12.3. The monoisotopic (exact) mass is 573 g/mol. The highest BCUT2D eigenvalue weighted by Gasteiger charge is 2.26. The Morgan fingerprint density at radius 3 is 2.05 bits per heavy atom. The Balaban J connectivity index is 1.62. The number of nitrogens with two attached hydrogens (primary N) is 1. The average molecular weight is 573 g/mol. The van der Waals surface area contributed by atoms with Crippen LogP contribution in [0.3, 0.4) is 0 Å². The van der Waals surface area contributed by atoms with Crippen molar-refractivity contribution < 1.29 is 42.1 Å². The molecule has 1 aromatic carbocycles. The molecule has 0 saturated carbocycles. The number of esters is 2. The van der Waals surface area contributed by atoms with E-state index in [1.807, 2.05) is 4.90 Å². The zero-order valence-electron chi connectivity index (χ0n) is 21.3.